The molecule has 36 nitrogen and oxygen atoms in total. The largest absolute Gasteiger partial charge is 0.388 e. The second-order valence-electron chi connectivity index (χ2n) is 16.1. The molecule has 2 aromatic carbocycles. The molecule has 0 saturated heterocycles. The lowest BCUT2D eigenvalue weighted by Gasteiger charge is -2.26. The first-order chi connectivity index (χ1) is 37.2. The third-order valence-electron chi connectivity index (χ3n) is 10.4. The maximum absolute atomic E-state index is 16.7. The highest BCUT2D eigenvalue weighted by atomic mass is 32.3. The third kappa shape index (κ3) is 13.8. The molecule has 0 bridgehead atoms. The van der Waals surface area contributed by atoms with Gasteiger partial charge in [-0.1, -0.05) is 30.0 Å². The van der Waals surface area contributed by atoms with Crippen molar-refractivity contribution in [1.82, 2.24) is 46.2 Å². The Kier molecular flexibility index (Phi) is 17.5. The molecule has 2 aliphatic rings. The molecule has 7 amide bonds. The zero-order valence-corrected chi connectivity index (χ0v) is 41.0. The molecule has 0 radical (unpaired) electrons. The number of guanidine groups is 4. The maximum Gasteiger partial charge on any atom is 0.388 e. The van der Waals surface area contributed by atoms with Crippen LogP contribution in [-0.4, -0.2) is 136 Å². The average Bonchev–Trinajstić information content (AvgIpc) is 4.21. The molecule has 2 aliphatic heterocycles. The van der Waals surface area contributed by atoms with Crippen molar-refractivity contribution in [3.05, 3.63) is 99.5 Å². The van der Waals surface area contributed by atoms with Gasteiger partial charge in [-0.15, -0.1) is 0 Å². The van der Waals surface area contributed by atoms with Gasteiger partial charge in [-0.25, -0.2) is 28.6 Å². The Balaban J connectivity index is 1.25. The van der Waals surface area contributed by atoms with Gasteiger partial charge in [0.1, 0.15) is 0 Å². The highest BCUT2D eigenvalue weighted by Crippen LogP contribution is 2.60. The molecule has 0 aliphatic carbocycles. The van der Waals surface area contributed by atoms with Crippen LogP contribution in [0.1, 0.15) is 23.4 Å². The summed E-state index contributed by atoms with van der Waals surface area (Å²) in [5.74, 6) is -13.3. The standard InChI is InChI=1S/C40H47F2N25O11S/c41-79(42)65-16(6-7-17(65)14-18-8-11-20(66(18)79)15-4-2-1-3-5-15)9-13-22(68)53-27(58-36(75)35(74)52-19-10-12-21(67(76)77)24-23(19)63-78-64-24)31(70)55-29(61-39(48)49)33(72)57-30(62-40(50)51)34(73)56-28(60-38(46)47)32(71)54-26(25(43)69)59-37(44)45/h1-8,10-12,14,26-30,35,74H,9,13H2,(H24-,43,44,45,46,47,48,49,50,51,52,53,54,55,56,57,58,59,60,61,62,64,68,69,70,71,72,73,75)/p+1. The number of nitrogens with two attached hydrogens (primary N) is 9. The summed E-state index contributed by atoms with van der Waals surface area (Å²) in [4.78, 5) is 119. The van der Waals surface area contributed by atoms with Gasteiger partial charge >= 0.3 is 16.9 Å². The topological polar surface area (TPSA) is 598 Å². The van der Waals surface area contributed by atoms with E-state index in [2.05, 4.69) is 45.5 Å². The number of carbonyl (C=O) groups is 7. The number of nitrogens with zero attached hydrogens (tertiary/aromatic N) is 9. The number of nitro groups is 1. The van der Waals surface area contributed by atoms with E-state index in [-0.39, 0.29) is 34.0 Å². The summed E-state index contributed by atoms with van der Waals surface area (Å²) < 4.78 is 39.6. The molecule has 0 saturated carbocycles. The second-order valence-corrected chi connectivity index (χ2v) is 17.6. The fourth-order valence-corrected chi connectivity index (χ4v) is 8.91. The number of amides is 7. The van der Waals surface area contributed by atoms with E-state index in [9.17, 15) is 48.8 Å². The first-order valence-electron chi connectivity index (χ1n) is 22.1. The van der Waals surface area contributed by atoms with Crippen molar-refractivity contribution >= 4 is 111 Å². The van der Waals surface area contributed by atoms with Gasteiger partial charge in [0, 0.05) is 42.0 Å². The van der Waals surface area contributed by atoms with E-state index in [1.54, 1.807) is 36.4 Å². The highest BCUT2D eigenvalue weighted by Gasteiger charge is 2.50. The number of allylic oxidation sites excluding steroid dienone is 2. The van der Waals surface area contributed by atoms with Crippen LogP contribution in [-0.2, 0) is 40.0 Å². The minimum atomic E-state index is -4.87. The summed E-state index contributed by atoms with van der Waals surface area (Å²) in [5.41, 5.74) is 48.1. The van der Waals surface area contributed by atoms with Crippen LogP contribution < -0.4 is 88.8 Å². The van der Waals surface area contributed by atoms with E-state index >= 15 is 7.77 Å². The minimum Gasteiger partial charge on any atom is -0.370 e. The number of aryl methyl sites for hydroxylation is 1. The van der Waals surface area contributed by atoms with Crippen LogP contribution in [0.25, 0.3) is 17.1 Å². The van der Waals surface area contributed by atoms with E-state index < -0.39 is 142 Å². The fourth-order valence-electron chi connectivity index (χ4n) is 7.17. The summed E-state index contributed by atoms with van der Waals surface area (Å²) in [6.07, 6.45) is -9.97. The zero-order chi connectivity index (χ0) is 58.0. The molecule has 0 fully saturated rings. The average molecular weight is 1130 g/mol. The Morgan fingerprint density at radius 2 is 1.22 bits per heavy atom. The Bertz CT molecular complexity index is 3320. The number of non-ortho nitro benzene ring substituents is 1. The Labute approximate surface area is 442 Å². The highest BCUT2D eigenvalue weighted by molar-refractivity contribution is 8.18. The molecule has 0 spiro atoms. The number of aliphatic hydroxyl groups is 1. The summed E-state index contributed by atoms with van der Waals surface area (Å²) in [6.45, 7) is 0. The van der Waals surface area contributed by atoms with Gasteiger partial charge in [-0.05, 0) is 47.1 Å². The normalized spacial score (nSPS) is 15.5. The number of benzene rings is 2. The Morgan fingerprint density at radius 3 is 1.76 bits per heavy atom. The number of nitro benzene ring substituents is 1. The lowest BCUT2D eigenvalue weighted by molar-refractivity contribution is -0.383. The van der Waals surface area contributed by atoms with Crippen LogP contribution in [0.5, 0.6) is 0 Å². The molecular formula is C40H48F2N25O11S+. The number of hydrogen-bond acceptors (Lipinski definition) is 18. The van der Waals surface area contributed by atoms with Crippen LogP contribution >= 0.6 is 11.2 Å². The van der Waals surface area contributed by atoms with Gasteiger partial charge in [0.25, 0.3) is 35.4 Å². The predicted molar refractivity (Wildman–Crippen MR) is 274 cm³/mol. The lowest BCUT2D eigenvalue weighted by atomic mass is 10.1. The number of aliphatic hydroxyl groups excluding tert-OH is 1. The van der Waals surface area contributed by atoms with Crippen LogP contribution in [0.3, 0.4) is 0 Å². The van der Waals surface area contributed by atoms with Crippen LogP contribution in [0.2, 0.25) is 0 Å². The van der Waals surface area contributed by atoms with Crippen molar-refractivity contribution in [1.29, 1.82) is 0 Å². The van der Waals surface area contributed by atoms with Crippen molar-refractivity contribution in [3.63, 3.8) is 0 Å². The smallest absolute Gasteiger partial charge is 0.370 e. The van der Waals surface area contributed by atoms with Crippen LogP contribution in [0, 0.1) is 10.1 Å². The summed E-state index contributed by atoms with van der Waals surface area (Å²) in [5, 5.41) is 43.8. The van der Waals surface area contributed by atoms with Gasteiger partial charge in [0.2, 0.25) is 53.7 Å². The van der Waals surface area contributed by atoms with Gasteiger partial charge in [0.05, 0.1) is 16.3 Å². The molecule has 79 heavy (non-hydrogen) atoms. The summed E-state index contributed by atoms with van der Waals surface area (Å²) >= 11 is -4.87. The molecule has 4 heterocycles. The minimum absolute atomic E-state index is 0.0314. The number of aliphatic imine (C=N–C) groups is 4. The van der Waals surface area contributed by atoms with Crippen molar-refractivity contribution in [3.8, 4) is 0 Å². The quantitative estimate of drug-likeness (QED) is 0.00819. The molecule has 418 valence electrons. The molecule has 2 aromatic heterocycles. The second kappa shape index (κ2) is 24.1. The van der Waals surface area contributed by atoms with Crippen molar-refractivity contribution in [2.24, 2.45) is 71.6 Å². The number of rotatable bonds is 23. The number of halogens is 2. The van der Waals surface area contributed by atoms with Gasteiger partial charge in [-0.2, -0.15) is 0 Å². The molecule has 6 atom stereocenters. The van der Waals surface area contributed by atoms with E-state index in [0.29, 0.717) is 5.56 Å². The van der Waals surface area contributed by atoms with Gasteiger partial charge in [0.15, 0.2) is 35.5 Å². The van der Waals surface area contributed by atoms with E-state index in [4.69, 9.17) is 51.6 Å². The Hall–Kier alpha value is -11.0. The number of aromatic nitrogens is 3. The van der Waals surface area contributed by atoms with Crippen molar-refractivity contribution in [2.45, 2.75) is 49.9 Å². The fraction of sp³-hybridized carbons (Fsp3) is 0.200. The van der Waals surface area contributed by atoms with E-state index in [1.165, 1.54) is 24.3 Å². The van der Waals surface area contributed by atoms with E-state index in [1.807, 2.05) is 26.6 Å². The number of carbonyl (C=O) groups excluding carboxylic acids is 7. The Morgan fingerprint density at radius 1 is 0.684 bits per heavy atom. The first-order valence-corrected chi connectivity index (χ1v) is 23.5. The monoisotopic (exact) mass is 1120 g/mol. The van der Waals surface area contributed by atoms with Crippen molar-refractivity contribution < 1.29 is 60.0 Å². The van der Waals surface area contributed by atoms with E-state index in [0.717, 1.165) is 20.1 Å². The molecule has 26 N–H and O–H groups in total. The molecule has 6 rings (SSSR count). The number of hydrogen-bond donors (Lipinski definition) is 17. The predicted octanol–water partition coefficient (Wildman–Crippen LogP) is -7.12. The van der Waals surface area contributed by atoms with Crippen LogP contribution in [0.4, 0.5) is 19.1 Å². The lowest BCUT2D eigenvalue weighted by Crippen LogP contribution is -2.62. The maximum atomic E-state index is 16.7. The number of fused-ring (bicyclic) bond motifs is 3. The number of nitrogens with one attached hydrogen (secondary N) is 7. The number of primary amides is 1. The van der Waals surface area contributed by atoms with Gasteiger partial charge in [-0.3, -0.25) is 43.7 Å². The molecule has 6 unspecified atom stereocenters. The zero-order valence-electron chi connectivity index (χ0n) is 40.2. The third-order valence-corrected chi connectivity index (χ3v) is 12.2. The van der Waals surface area contributed by atoms with Crippen molar-refractivity contribution in [2.75, 3.05) is 5.32 Å². The first kappa shape index (κ1) is 57.3. The molecule has 4 aromatic rings. The van der Waals surface area contributed by atoms with Crippen LogP contribution in [0.15, 0.2) is 97.0 Å². The van der Waals surface area contributed by atoms with Gasteiger partial charge < -0.3 is 93.9 Å². The SMILES string of the molecule is NC(=O)C(N=C(N)N)NC(=O)C(N=C(N)N)NC(=O)C(N=C(N)N)NC(=O)C(N=C(N)N)NC(=O)C(NC(=O)CCc1ccc2n1S(F)(F)[N+]1=C(c3ccccc3)C=CC1=C2)NC(=O)C(O)Nc1ccc([N+](=O)[O-])c2nonc12. The molecule has 39 heteroatoms. The molecular weight excluding hydrogens is 1080 g/mol. The summed E-state index contributed by atoms with van der Waals surface area (Å²) in [7, 11) is 0. The summed E-state index contributed by atoms with van der Waals surface area (Å²) in [6, 6.07) is 13.1. The number of anilines is 1.